The number of methoxy groups -OCH3 is 2. The molecule has 3 fully saturated rings. The smallest absolute Gasteiger partial charge is 0.399 e. The van der Waals surface area contributed by atoms with Crippen molar-refractivity contribution < 1.29 is 92.7 Å². The van der Waals surface area contributed by atoms with Gasteiger partial charge in [0, 0.05) is 14.2 Å². The van der Waals surface area contributed by atoms with Gasteiger partial charge in [0.2, 0.25) is 6.29 Å². The van der Waals surface area contributed by atoms with E-state index in [0.717, 1.165) is 7.11 Å². The second-order valence-corrected chi connectivity index (χ2v) is 12.0. The van der Waals surface area contributed by atoms with Gasteiger partial charge in [-0.15, -0.1) is 0 Å². The molecule has 0 aliphatic carbocycles. The lowest BCUT2D eigenvalue weighted by atomic mass is 9.94. The quantitative estimate of drug-likeness (QED) is 0.0888. The van der Waals surface area contributed by atoms with Gasteiger partial charge < -0.3 is 65.1 Å². The third-order valence-electron chi connectivity index (χ3n) is 7.00. The van der Waals surface area contributed by atoms with E-state index in [9.17, 15) is 46.6 Å². The number of hydrogen-bond donors (Lipinski definition) is 8. The Bertz CT molecular complexity index is 1190. The lowest BCUT2D eigenvalue weighted by Gasteiger charge is -2.48. The van der Waals surface area contributed by atoms with E-state index < -0.39 is 119 Å². The van der Waals surface area contributed by atoms with Gasteiger partial charge in [-0.05, 0) is 6.42 Å². The molecule has 24 heteroatoms. The second-order valence-electron chi connectivity index (χ2n) is 9.86. The molecule has 44 heavy (non-hydrogen) atoms. The Hall–Kier alpha value is -1.27. The van der Waals surface area contributed by atoms with Gasteiger partial charge in [0.15, 0.2) is 31.1 Å². The Kier molecular flexibility index (Phi) is 12.4. The monoisotopic (exact) mass is 688 g/mol. The molecule has 22 nitrogen and oxygen atoms in total. The lowest BCUT2D eigenvalue weighted by molar-refractivity contribution is -0.365. The van der Waals surface area contributed by atoms with Crippen molar-refractivity contribution in [2.45, 2.75) is 106 Å². The van der Waals surface area contributed by atoms with E-state index in [1.54, 1.807) is 6.92 Å². The van der Waals surface area contributed by atoms with E-state index in [2.05, 4.69) is 8.37 Å². The first-order chi connectivity index (χ1) is 20.3. The van der Waals surface area contributed by atoms with Crippen molar-refractivity contribution in [3.63, 3.8) is 0 Å². The second kappa shape index (κ2) is 14.7. The molecule has 0 spiro atoms. The van der Waals surface area contributed by atoms with Crippen LogP contribution < -0.4 is 11.5 Å². The number of carboxylic acid groups (broad SMARTS) is 1. The predicted octanol–water partition coefficient (Wildman–Crippen LogP) is -5.21. The number of carbonyl (C=O) groups is 1. The highest BCUT2D eigenvalue weighted by molar-refractivity contribution is 7.81. The molecule has 3 aliphatic rings. The van der Waals surface area contributed by atoms with Gasteiger partial charge in [-0.3, -0.25) is 9.11 Å². The summed E-state index contributed by atoms with van der Waals surface area (Å²) in [6.07, 6.45) is -24.0. The van der Waals surface area contributed by atoms with E-state index in [0.29, 0.717) is 0 Å². The standard InChI is InChI=1S/C20H36N2O20S2/c1-4-5-11(8(23)6(21)17(35-3)36-5)37-19-14(41-43(28,29)30)10(25)12(15(39-19)16(26)27)38-18-7(22)9(24)13(34-2)20(40-18)42-44(31,32)33/h5-15,17-20,23-25H,4,21-22H2,1-3H3,(H,26,27)(H,28,29,30)(H,31,32,33)/t5?,6-,7-,8-,9-,10?,11?,12+,13?,14?,15-,17?,18?,19+,20?/m1/s1. The van der Waals surface area contributed by atoms with E-state index in [4.69, 9.17) is 49.2 Å². The number of hydrogen-bond acceptors (Lipinski definition) is 19. The first-order valence-electron chi connectivity index (χ1n) is 12.8. The van der Waals surface area contributed by atoms with E-state index >= 15 is 0 Å². The Morgan fingerprint density at radius 3 is 1.75 bits per heavy atom. The van der Waals surface area contributed by atoms with Gasteiger partial charge in [0.25, 0.3) is 0 Å². The van der Waals surface area contributed by atoms with Gasteiger partial charge in [-0.1, -0.05) is 6.92 Å². The molecule has 3 saturated heterocycles. The average molecular weight is 689 g/mol. The summed E-state index contributed by atoms with van der Waals surface area (Å²) < 4.78 is 111. The van der Waals surface area contributed by atoms with E-state index in [-0.39, 0.29) is 6.42 Å². The van der Waals surface area contributed by atoms with Crippen LogP contribution in [0, 0.1) is 0 Å². The van der Waals surface area contributed by atoms with Crippen LogP contribution in [-0.2, 0) is 67.1 Å². The minimum Gasteiger partial charge on any atom is -0.479 e. The maximum atomic E-state index is 12.2. The van der Waals surface area contributed by atoms with Crippen molar-refractivity contribution in [3.05, 3.63) is 0 Å². The molecule has 0 amide bonds. The van der Waals surface area contributed by atoms with Crippen LogP contribution >= 0.6 is 0 Å². The summed E-state index contributed by atoms with van der Waals surface area (Å²) in [7, 11) is -8.40. The van der Waals surface area contributed by atoms with Crippen molar-refractivity contribution in [1.82, 2.24) is 0 Å². The molecule has 0 saturated carbocycles. The van der Waals surface area contributed by atoms with E-state index in [1.165, 1.54) is 7.11 Å². The van der Waals surface area contributed by atoms with Crippen molar-refractivity contribution >= 4 is 26.8 Å². The highest BCUT2D eigenvalue weighted by Gasteiger charge is 2.57. The maximum Gasteiger partial charge on any atom is 0.399 e. The fourth-order valence-corrected chi connectivity index (χ4v) is 5.78. The summed E-state index contributed by atoms with van der Waals surface area (Å²) in [5.41, 5.74) is 11.8. The van der Waals surface area contributed by atoms with Gasteiger partial charge in [-0.25, -0.2) is 13.2 Å². The zero-order valence-electron chi connectivity index (χ0n) is 23.2. The first kappa shape index (κ1) is 37.2. The van der Waals surface area contributed by atoms with Crippen LogP contribution in [0.2, 0.25) is 0 Å². The average Bonchev–Trinajstić information content (AvgIpc) is 2.91. The zero-order valence-corrected chi connectivity index (χ0v) is 24.9. The normalized spacial score (nSPS) is 43.9. The van der Waals surface area contributed by atoms with E-state index in [1.807, 2.05) is 0 Å². The fraction of sp³-hybridized carbons (Fsp3) is 0.950. The molecule has 8 unspecified atom stereocenters. The molecule has 0 bridgehead atoms. The number of nitrogens with two attached hydrogens (primary N) is 2. The predicted molar refractivity (Wildman–Crippen MR) is 134 cm³/mol. The van der Waals surface area contributed by atoms with Crippen molar-refractivity contribution in [2.24, 2.45) is 11.5 Å². The Morgan fingerprint density at radius 2 is 1.25 bits per heavy atom. The van der Waals surface area contributed by atoms with Crippen molar-refractivity contribution in [3.8, 4) is 0 Å². The van der Waals surface area contributed by atoms with Crippen LogP contribution in [-0.4, -0.2) is 159 Å². The third-order valence-corrected chi connectivity index (χ3v) is 7.90. The molecule has 0 aromatic carbocycles. The summed E-state index contributed by atoms with van der Waals surface area (Å²) in [6.45, 7) is 1.61. The summed E-state index contributed by atoms with van der Waals surface area (Å²) >= 11 is 0. The number of aliphatic hydroxyl groups is 3. The highest BCUT2D eigenvalue weighted by atomic mass is 32.3. The van der Waals surface area contributed by atoms with Gasteiger partial charge in [0.1, 0.15) is 36.6 Å². The third kappa shape index (κ3) is 8.55. The van der Waals surface area contributed by atoms with Crippen LogP contribution in [0.5, 0.6) is 0 Å². The number of ether oxygens (including phenoxy) is 7. The van der Waals surface area contributed by atoms with Gasteiger partial charge >= 0.3 is 26.8 Å². The first-order valence-corrected chi connectivity index (χ1v) is 15.5. The Labute approximate surface area is 250 Å². The number of aliphatic hydroxyl groups excluding tert-OH is 3. The molecule has 3 rings (SSSR count). The molecular weight excluding hydrogens is 652 g/mol. The molecule has 10 N–H and O–H groups in total. The Morgan fingerprint density at radius 1 is 0.705 bits per heavy atom. The minimum atomic E-state index is -5.43. The molecular formula is C20H36N2O20S2. The largest absolute Gasteiger partial charge is 0.479 e. The molecule has 15 atom stereocenters. The van der Waals surface area contributed by atoms with Crippen LogP contribution in [0.3, 0.4) is 0 Å². The highest BCUT2D eigenvalue weighted by Crippen LogP contribution is 2.34. The van der Waals surface area contributed by atoms with Crippen molar-refractivity contribution in [1.29, 1.82) is 0 Å². The molecule has 3 aliphatic heterocycles. The van der Waals surface area contributed by atoms with Crippen molar-refractivity contribution in [2.75, 3.05) is 14.2 Å². The Balaban J connectivity index is 1.94. The zero-order chi connectivity index (χ0) is 33.3. The SMILES string of the molecule is CCC1OC(OC)[C@H](N)[C@@H](O)C1O[C@H]1O[C@@H](C(=O)O)[C@@H](OC2OC(OS(=O)(=O)O)C(OC)[C@H](O)[C@H]2N)C(O)C1OS(=O)(=O)O. The number of aliphatic carboxylic acids is 1. The van der Waals surface area contributed by atoms with Crippen LogP contribution in [0.4, 0.5) is 0 Å². The van der Waals surface area contributed by atoms with Gasteiger partial charge in [0.05, 0.1) is 18.2 Å². The van der Waals surface area contributed by atoms with Crippen LogP contribution in [0.25, 0.3) is 0 Å². The summed E-state index contributed by atoms with van der Waals surface area (Å²) in [5.74, 6) is -1.85. The summed E-state index contributed by atoms with van der Waals surface area (Å²) in [5, 5.41) is 42.3. The fourth-order valence-electron chi connectivity index (χ4n) is 4.90. The summed E-state index contributed by atoms with van der Waals surface area (Å²) in [6, 6.07) is -2.90. The summed E-state index contributed by atoms with van der Waals surface area (Å²) in [4.78, 5) is 12.2. The number of rotatable bonds is 12. The van der Waals surface area contributed by atoms with Crippen LogP contribution in [0.15, 0.2) is 0 Å². The molecule has 0 aromatic rings. The molecule has 0 radical (unpaired) electrons. The molecule has 3 heterocycles. The number of carboxylic acids is 1. The molecule has 258 valence electrons. The van der Waals surface area contributed by atoms with Gasteiger partial charge in [-0.2, -0.15) is 16.8 Å². The molecule has 0 aromatic heterocycles. The minimum absolute atomic E-state index is 0.149. The topological polar surface area (TPSA) is 342 Å². The maximum absolute atomic E-state index is 12.2. The van der Waals surface area contributed by atoms with Crippen LogP contribution in [0.1, 0.15) is 13.3 Å². The lowest BCUT2D eigenvalue weighted by Crippen LogP contribution is -2.68.